The van der Waals surface area contributed by atoms with Gasteiger partial charge in [0.05, 0.1) is 6.54 Å². The molecule has 2 aliphatic rings. The molecule has 0 aliphatic carbocycles. The predicted molar refractivity (Wildman–Crippen MR) is 107 cm³/mol. The fraction of sp³-hybridized carbons (Fsp3) is 0.409. The number of hydrogen-bond donors (Lipinski definition) is 1. The summed E-state index contributed by atoms with van der Waals surface area (Å²) < 4.78 is 11.1. The quantitative estimate of drug-likeness (QED) is 0.828. The fourth-order valence-corrected chi connectivity index (χ4v) is 3.60. The van der Waals surface area contributed by atoms with E-state index in [-0.39, 0.29) is 5.91 Å². The van der Waals surface area contributed by atoms with Crippen LogP contribution in [0, 0.1) is 0 Å². The van der Waals surface area contributed by atoms with Crippen molar-refractivity contribution >= 4 is 5.91 Å². The molecule has 1 amide bonds. The average Bonchev–Trinajstić information content (AvgIpc) is 2.74. The van der Waals surface area contributed by atoms with Gasteiger partial charge >= 0.3 is 0 Å². The third kappa shape index (κ3) is 5.03. The standard InChI is InChI=1S/C22H27N3O3/c26-22(23-15-19-6-7-20-21(14-19)28-13-12-27-20)17-25-10-8-24(9-11-25)16-18-4-2-1-3-5-18/h1-7,14H,8-13,15-17H2,(H,23,26). The lowest BCUT2D eigenvalue weighted by Crippen LogP contribution is -2.49. The highest BCUT2D eigenvalue weighted by atomic mass is 16.6. The van der Waals surface area contributed by atoms with Gasteiger partial charge in [0, 0.05) is 39.3 Å². The van der Waals surface area contributed by atoms with E-state index in [2.05, 4.69) is 39.4 Å². The molecule has 6 heteroatoms. The van der Waals surface area contributed by atoms with E-state index in [1.807, 2.05) is 24.3 Å². The number of fused-ring (bicyclic) bond motifs is 1. The summed E-state index contributed by atoms with van der Waals surface area (Å²) in [6.45, 7) is 6.90. The van der Waals surface area contributed by atoms with Crippen LogP contribution >= 0.6 is 0 Å². The first-order valence-corrected chi connectivity index (χ1v) is 9.90. The van der Waals surface area contributed by atoms with E-state index in [0.29, 0.717) is 26.3 Å². The average molecular weight is 381 g/mol. The summed E-state index contributed by atoms with van der Waals surface area (Å²) in [5, 5.41) is 3.01. The van der Waals surface area contributed by atoms with Gasteiger partial charge in [-0.25, -0.2) is 0 Å². The molecule has 2 aliphatic heterocycles. The molecule has 0 aromatic heterocycles. The highest BCUT2D eigenvalue weighted by Gasteiger charge is 2.19. The van der Waals surface area contributed by atoms with E-state index in [1.165, 1.54) is 5.56 Å². The molecule has 0 atom stereocenters. The van der Waals surface area contributed by atoms with Crippen molar-refractivity contribution in [2.24, 2.45) is 0 Å². The Morgan fingerprint density at radius 1 is 0.857 bits per heavy atom. The van der Waals surface area contributed by atoms with E-state index < -0.39 is 0 Å². The van der Waals surface area contributed by atoms with Gasteiger partial charge in [0.15, 0.2) is 11.5 Å². The van der Waals surface area contributed by atoms with Gasteiger partial charge in [0.25, 0.3) is 0 Å². The minimum absolute atomic E-state index is 0.0615. The number of ether oxygens (including phenoxy) is 2. The number of rotatable bonds is 6. The zero-order chi connectivity index (χ0) is 19.2. The second-order valence-electron chi connectivity index (χ2n) is 7.29. The zero-order valence-electron chi connectivity index (χ0n) is 16.1. The largest absolute Gasteiger partial charge is 0.486 e. The van der Waals surface area contributed by atoms with Crippen LogP contribution in [0.25, 0.3) is 0 Å². The molecule has 4 rings (SSSR count). The highest BCUT2D eigenvalue weighted by Crippen LogP contribution is 2.30. The Balaban J connectivity index is 1.19. The summed E-state index contributed by atoms with van der Waals surface area (Å²) in [6.07, 6.45) is 0. The first-order valence-electron chi connectivity index (χ1n) is 9.90. The molecule has 1 N–H and O–H groups in total. The van der Waals surface area contributed by atoms with Crippen molar-refractivity contribution in [3.8, 4) is 11.5 Å². The molecule has 0 spiro atoms. The van der Waals surface area contributed by atoms with E-state index in [4.69, 9.17) is 9.47 Å². The van der Waals surface area contributed by atoms with Crippen molar-refractivity contribution in [3.05, 3.63) is 59.7 Å². The topological polar surface area (TPSA) is 54.0 Å². The molecule has 28 heavy (non-hydrogen) atoms. The highest BCUT2D eigenvalue weighted by molar-refractivity contribution is 5.78. The van der Waals surface area contributed by atoms with E-state index in [1.54, 1.807) is 0 Å². The van der Waals surface area contributed by atoms with Crippen LogP contribution in [0.1, 0.15) is 11.1 Å². The molecule has 2 aromatic carbocycles. The first-order chi connectivity index (χ1) is 13.8. The van der Waals surface area contributed by atoms with E-state index >= 15 is 0 Å². The number of carbonyl (C=O) groups is 1. The number of benzene rings is 2. The Hall–Kier alpha value is -2.57. The van der Waals surface area contributed by atoms with Crippen LogP contribution in [-0.2, 0) is 17.9 Å². The lowest BCUT2D eigenvalue weighted by molar-refractivity contribution is -0.122. The molecule has 0 saturated carbocycles. The maximum absolute atomic E-state index is 12.3. The van der Waals surface area contributed by atoms with Crippen molar-refractivity contribution in [3.63, 3.8) is 0 Å². The van der Waals surface area contributed by atoms with Gasteiger partial charge in [0.1, 0.15) is 13.2 Å². The molecule has 148 valence electrons. The number of nitrogens with zero attached hydrogens (tertiary/aromatic N) is 2. The maximum atomic E-state index is 12.3. The Morgan fingerprint density at radius 3 is 2.36 bits per heavy atom. The van der Waals surface area contributed by atoms with Crippen LogP contribution < -0.4 is 14.8 Å². The predicted octanol–water partition coefficient (Wildman–Crippen LogP) is 1.89. The monoisotopic (exact) mass is 381 g/mol. The molecule has 2 aromatic rings. The fourth-order valence-electron chi connectivity index (χ4n) is 3.60. The van der Waals surface area contributed by atoms with Gasteiger partial charge in [-0.3, -0.25) is 14.6 Å². The van der Waals surface area contributed by atoms with E-state index in [0.717, 1.165) is 49.8 Å². The van der Waals surface area contributed by atoms with Gasteiger partial charge in [-0.2, -0.15) is 0 Å². The maximum Gasteiger partial charge on any atom is 0.234 e. The van der Waals surface area contributed by atoms with Crippen molar-refractivity contribution in [2.45, 2.75) is 13.1 Å². The number of amides is 1. The summed E-state index contributed by atoms with van der Waals surface area (Å²) in [4.78, 5) is 17.0. The number of piperazine rings is 1. The van der Waals surface area contributed by atoms with Gasteiger partial charge in [-0.1, -0.05) is 36.4 Å². The van der Waals surface area contributed by atoms with Gasteiger partial charge in [-0.05, 0) is 23.3 Å². The molecule has 1 saturated heterocycles. The van der Waals surface area contributed by atoms with Crippen LogP contribution in [0.3, 0.4) is 0 Å². The summed E-state index contributed by atoms with van der Waals surface area (Å²) in [5.74, 6) is 1.59. The Morgan fingerprint density at radius 2 is 1.57 bits per heavy atom. The summed E-state index contributed by atoms with van der Waals surface area (Å²) in [6, 6.07) is 16.4. The van der Waals surface area contributed by atoms with Crippen LogP contribution in [0.4, 0.5) is 0 Å². The molecular formula is C22H27N3O3. The number of carbonyl (C=O) groups excluding carboxylic acids is 1. The van der Waals surface area contributed by atoms with Crippen LogP contribution in [-0.4, -0.2) is 61.6 Å². The van der Waals surface area contributed by atoms with Crippen molar-refractivity contribution in [1.82, 2.24) is 15.1 Å². The Kier molecular flexibility index (Phi) is 6.09. The van der Waals surface area contributed by atoms with Crippen molar-refractivity contribution in [2.75, 3.05) is 45.9 Å². The van der Waals surface area contributed by atoms with Crippen LogP contribution in [0.5, 0.6) is 11.5 Å². The smallest absolute Gasteiger partial charge is 0.234 e. The minimum Gasteiger partial charge on any atom is -0.486 e. The third-order valence-corrected chi connectivity index (χ3v) is 5.18. The first kappa shape index (κ1) is 18.8. The van der Waals surface area contributed by atoms with Crippen LogP contribution in [0.15, 0.2) is 48.5 Å². The molecule has 6 nitrogen and oxygen atoms in total. The molecule has 2 heterocycles. The molecule has 0 radical (unpaired) electrons. The number of hydrogen-bond acceptors (Lipinski definition) is 5. The molecule has 0 unspecified atom stereocenters. The van der Waals surface area contributed by atoms with Gasteiger partial charge < -0.3 is 14.8 Å². The Labute approximate surface area is 166 Å². The molecule has 0 bridgehead atoms. The number of nitrogens with one attached hydrogen (secondary N) is 1. The lowest BCUT2D eigenvalue weighted by atomic mass is 10.2. The van der Waals surface area contributed by atoms with Crippen molar-refractivity contribution < 1.29 is 14.3 Å². The summed E-state index contributed by atoms with van der Waals surface area (Å²) in [7, 11) is 0. The SMILES string of the molecule is O=C(CN1CCN(Cc2ccccc2)CC1)NCc1ccc2c(c1)OCCO2. The third-order valence-electron chi connectivity index (χ3n) is 5.18. The van der Waals surface area contributed by atoms with Gasteiger partial charge in [-0.15, -0.1) is 0 Å². The second kappa shape index (κ2) is 9.08. The van der Waals surface area contributed by atoms with Gasteiger partial charge in [0.2, 0.25) is 5.91 Å². The lowest BCUT2D eigenvalue weighted by Gasteiger charge is -2.34. The zero-order valence-corrected chi connectivity index (χ0v) is 16.1. The van der Waals surface area contributed by atoms with Crippen LogP contribution in [0.2, 0.25) is 0 Å². The Bertz CT molecular complexity index is 789. The van der Waals surface area contributed by atoms with Crippen molar-refractivity contribution in [1.29, 1.82) is 0 Å². The molecular weight excluding hydrogens is 354 g/mol. The minimum atomic E-state index is 0.0615. The van der Waals surface area contributed by atoms with E-state index in [9.17, 15) is 4.79 Å². The summed E-state index contributed by atoms with van der Waals surface area (Å²) >= 11 is 0. The molecule has 1 fully saturated rings. The second-order valence-corrected chi connectivity index (χ2v) is 7.29. The summed E-state index contributed by atoms with van der Waals surface area (Å²) in [5.41, 5.74) is 2.36. The normalized spacial score (nSPS) is 17.3.